The Hall–Kier alpha value is -0.971. The molecule has 80 valence electrons. The largest absolute Gasteiger partial charge is 0.324 e. The summed E-state index contributed by atoms with van der Waals surface area (Å²) in [5.74, 6) is 6.37. The first-order chi connectivity index (χ1) is 6.43. The van der Waals surface area contributed by atoms with E-state index in [0.717, 1.165) is 6.42 Å². The van der Waals surface area contributed by atoms with Crippen LogP contribution in [0.5, 0.6) is 0 Å². The van der Waals surface area contributed by atoms with Crippen molar-refractivity contribution in [3.8, 4) is 11.8 Å². The van der Waals surface area contributed by atoms with Gasteiger partial charge in [0.25, 0.3) is 0 Å². The van der Waals surface area contributed by atoms with Gasteiger partial charge in [-0.25, -0.2) is 0 Å². The van der Waals surface area contributed by atoms with Crippen molar-refractivity contribution in [1.29, 1.82) is 0 Å². The van der Waals surface area contributed by atoms with E-state index in [2.05, 4.69) is 30.9 Å². The van der Waals surface area contributed by atoms with Crippen molar-refractivity contribution < 1.29 is 26.7 Å². The normalized spacial score (nSPS) is 16.4. The molecule has 0 heterocycles. The summed E-state index contributed by atoms with van der Waals surface area (Å²) >= 11 is 0. The predicted octanol–water partition coefficient (Wildman–Crippen LogP) is 1.81. The van der Waals surface area contributed by atoms with Gasteiger partial charge in [-0.1, -0.05) is 24.5 Å². The zero-order valence-electron chi connectivity index (χ0n) is 8.14. The van der Waals surface area contributed by atoms with E-state index in [0.29, 0.717) is 5.92 Å². The van der Waals surface area contributed by atoms with Gasteiger partial charge in [0, 0.05) is 17.1 Å². The first-order valence-electron chi connectivity index (χ1n) is 3.94. The Morgan fingerprint density at radius 2 is 1.79 bits per heavy atom. The van der Waals surface area contributed by atoms with Gasteiger partial charge in [0.1, 0.15) is 13.6 Å². The number of rotatable bonds is 0. The minimum Gasteiger partial charge on any atom is -0.324 e. The van der Waals surface area contributed by atoms with E-state index in [4.69, 9.17) is 9.59 Å². The van der Waals surface area contributed by atoms with Crippen molar-refractivity contribution in [2.45, 2.75) is 19.3 Å². The number of carbonyl (C=O) groups is 2. The molecule has 1 unspecified atom stereocenters. The van der Waals surface area contributed by atoms with Gasteiger partial charge in [0.15, 0.2) is 0 Å². The topological polar surface area (TPSA) is 34.1 Å². The van der Waals surface area contributed by atoms with Crippen molar-refractivity contribution in [3.05, 3.63) is 19.1 Å². The molecule has 2 nitrogen and oxygen atoms in total. The fourth-order valence-electron chi connectivity index (χ4n) is 1.07. The SMILES string of the molecule is C=O.C=O.[CH2-]C#CC1CC=CCC1.[Fe]. The van der Waals surface area contributed by atoms with Crippen LogP contribution in [0.1, 0.15) is 19.3 Å². The maximum atomic E-state index is 8.00. The summed E-state index contributed by atoms with van der Waals surface area (Å²) in [6, 6.07) is 0. The van der Waals surface area contributed by atoms with Gasteiger partial charge in [-0.05, 0) is 12.8 Å². The van der Waals surface area contributed by atoms with Crippen LogP contribution in [0.3, 0.4) is 0 Å². The van der Waals surface area contributed by atoms with E-state index in [1.165, 1.54) is 12.8 Å². The molecule has 0 aromatic carbocycles. The second kappa shape index (κ2) is 17.9. The van der Waals surface area contributed by atoms with Crippen LogP contribution in [0.2, 0.25) is 0 Å². The molecule has 0 amide bonds. The molecule has 0 radical (unpaired) electrons. The van der Waals surface area contributed by atoms with Crippen LogP contribution in [0.15, 0.2) is 12.2 Å². The summed E-state index contributed by atoms with van der Waals surface area (Å²) < 4.78 is 0. The Bertz CT molecular complexity index is 189. The summed E-state index contributed by atoms with van der Waals surface area (Å²) in [5.41, 5.74) is 0. The summed E-state index contributed by atoms with van der Waals surface area (Å²) in [7, 11) is 0. The maximum Gasteiger partial charge on any atom is 0.106 e. The van der Waals surface area contributed by atoms with Gasteiger partial charge in [0.2, 0.25) is 0 Å². The van der Waals surface area contributed by atoms with Crippen LogP contribution >= 0.6 is 0 Å². The molecule has 0 N–H and O–H groups in total. The van der Waals surface area contributed by atoms with Gasteiger partial charge < -0.3 is 15.5 Å². The van der Waals surface area contributed by atoms with Crippen molar-refractivity contribution in [2.75, 3.05) is 0 Å². The summed E-state index contributed by atoms with van der Waals surface area (Å²) in [4.78, 5) is 16.0. The monoisotopic (exact) mass is 235 g/mol. The molecule has 0 aromatic heterocycles. The fraction of sp³-hybridized carbons (Fsp3) is 0.364. The Labute approximate surface area is 96.6 Å². The van der Waals surface area contributed by atoms with E-state index in [9.17, 15) is 0 Å². The second-order valence-corrected chi connectivity index (χ2v) is 2.30. The third-order valence-corrected chi connectivity index (χ3v) is 1.58. The van der Waals surface area contributed by atoms with Crippen molar-refractivity contribution in [3.63, 3.8) is 0 Å². The van der Waals surface area contributed by atoms with Crippen LogP contribution in [0.25, 0.3) is 0 Å². The quantitative estimate of drug-likeness (QED) is 0.277. The standard InChI is InChI=1S/C9H11.2CH2O.Fe/c1-2-6-9-7-4-3-5-8-9;2*1-2;/h3-4,9H,1,5,7-8H2;2*1H2;/q-1;;;. The Kier molecular flexibility index (Phi) is 24.0. The van der Waals surface area contributed by atoms with E-state index in [1.54, 1.807) is 0 Å². The number of hydrogen-bond acceptors (Lipinski definition) is 2. The Morgan fingerprint density at radius 1 is 1.21 bits per heavy atom. The molecule has 0 aromatic rings. The van der Waals surface area contributed by atoms with E-state index < -0.39 is 0 Å². The van der Waals surface area contributed by atoms with Crippen molar-refractivity contribution >= 4 is 13.6 Å². The van der Waals surface area contributed by atoms with Crippen LogP contribution in [0, 0.1) is 24.7 Å². The molecule has 1 rings (SSSR count). The van der Waals surface area contributed by atoms with Gasteiger partial charge in [-0.2, -0.15) is 6.92 Å². The molecule has 0 bridgehead atoms. The first kappa shape index (κ1) is 18.7. The molecule has 3 heteroatoms. The van der Waals surface area contributed by atoms with Gasteiger partial charge in [-0.3, -0.25) is 5.92 Å². The zero-order chi connectivity index (χ0) is 10.5. The van der Waals surface area contributed by atoms with Crippen LogP contribution in [-0.4, -0.2) is 13.6 Å². The molecule has 0 spiro atoms. The van der Waals surface area contributed by atoms with Gasteiger partial charge >= 0.3 is 0 Å². The fourth-order valence-corrected chi connectivity index (χ4v) is 1.07. The van der Waals surface area contributed by atoms with E-state index in [-0.39, 0.29) is 17.1 Å². The zero-order valence-corrected chi connectivity index (χ0v) is 9.25. The van der Waals surface area contributed by atoms with Crippen molar-refractivity contribution in [2.24, 2.45) is 5.92 Å². The number of allylic oxidation sites excluding steroid dienone is 2. The predicted molar refractivity (Wildman–Crippen MR) is 53.9 cm³/mol. The molecule has 1 aliphatic carbocycles. The second-order valence-electron chi connectivity index (χ2n) is 2.30. The first-order valence-corrected chi connectivity index (χ1v) is 3.94. The third-order valence-electron chi connectivity index (χ3n) is 1.58. The summed E-state index contributed by atoms with van der Waals surface area (Å²) in [6.45, 7) is 7.49. The minimum absolute atomic E-state index is 0. The van der Waals surface area contributed by atoms with Gasteiger partial charge in [0.05, 0.1) is 0 Å². The van der Waals surface area contributed by atoms with Crippen LogP contribution < -0.4 is 0 Å². The number of carbonyl (C=O) groups excluding carboxylic acids is 2. The smallest absolute Gasteiger partial charge is 0.106 e. The molecule has 0 fully saturated rings. The molecule has 1 aliphatic rings. The third kappa shape index (κ3) is 11.0. The molecule has 1 atom stereocenters. The van der Waals surface area contributed by atoms with Crippen LogP contribution in [0.4, 0.5) is 0 Å². The molecule has 14 heavy (non-hydrogen) atoms. The molecule has 0 saturated carbocycles. The minimum atomic E-state index is 0. The maximum absolute atomic E-state index is 8.00. The average Bonchev–Trinajstić information content (AvgIpc) is 2.26. The Balaban J connectivity index is -0.000000216. The molecular weight excluding hydrogens is 220 g/mol. The summed E-state index contributed by atoms with van der Waals surface area (Å²) in [6.07, 6.45) is 7.97. The summed E-state index contributed by atoms with van der Waals surface area (Å²) in [5, 5.41) is 0. The molecule has 0 aliphatic heterocycles. The van der Waals surface area contributed by atoms with E-state index in [1.807, 2.05) is 13.6 Å². The molecular formula is C11H15FeO2-. The average molecular weight is 235 g/mol. The van der Waals surface area contributed by atoms with Gasteiger partial charge in [-0.15, -0.1) is 0 Å². The Morgan fingerprint density at radius 3 is 2.14 bits per heavy atom. The van der Waals surface area contributed by atoms with Crippen molar-refractivity contribution in [1.82, 2.24) is 0 Å². The number of hydrogen-bond donors (Lipinski definition) is 0. The van der Waals surface area contributed by atoms with E-state index >= 15 is 0 Å². The molecule has 0 saturated heterocycles. The van der Waals surface area contributed by atoms with Crippen LogP contribution in [-0.2, 0) is 26.7 Å².